The van der Waals surface area contributed by atoms with Gasteiger partial charge in [-0.1, -0.05) is 39.3 Å². The first-order chi connectivity index (χ1) is 6.45. The first-order valence-electron chi connectivity index (χ1n) is 5.83. The van der Waals surface area contributed by atoms with Crippen molar-refractivity contribution in [2.45, 2.75) is 41.0 Å². The summed E-state index contributed by atoms with van der Waals surface area (Å²) in [6.45, 7) is 15.3. The predicted octanol–water partition coefficient (Wildman–Crippen LogP) is 3.32. The molecule has 0 atom stereocenters. The van der Waals surface area contributed by atoms with Gasteiger partial charge in [-0.3, -0.25) is 0 Å². The lowest BCUT2D eigenvalue weighted by Crippen LogP contribution is -2.43. The molecule has 14 heavy (non-hydrogen) atoms. The van der Waals surface area contributed by atoms with Gasteiger partial charge in [0.25, 0.3) is 0 Å². The minimum atomic E-state index is 0.391. The van der Waals surface area contributed by atoms with Crippen molar-refractivity contribution in [1.82, 2.24) is 4.90 Å². The maximum absolute atomic E-state index is 2.61. The molecule has 1 aliphatic heterocycles. The highest BCUT2D eigenvalue weighted by atomic mass is 15.1. The summed E-state index contributed by atoms with van der Waals surface area (Å²) in [5.74, 6) is 0.790. The number of hydrogen-bond acceptors (Lipinski definition) is 1. The normalized spacial score (nSPS) is 26.0. The van der Waals surface area contributed by atoms with Gasteiger partial charge in [-0.2, -0.15) is 0 Å². The van der Waals surface area contributed by atoms with Gasteiger partial charge in [0.15, 0.2) is 0 Å². The van der Waals surface area contributed by atoms with Crippen LogP contribution in [0.1, 0.15) is 41.0 Å². The summed E-state index contributed by atoms with van der Waals surface area (Å²) < 4.78 is 0. The van der Waals surface area contributed by atoms with E-state index in [-0.39, 0.29) is 0 Å². The maximum atomic E-state index is 2.61. The molecule has 0 aromatic carbocycles. The molecule has 0 saturated carbocycles. The van der Waals surface area contributed by atoms with E-state index in [0.717, 1.165) is 5.92 Å². The predicted molar refractivity (Wildman–Crippen MR) is 63.4 cm³/mol. The van der Waals surface area contributed by atoms with Crippen LogP contribution in [-0.4, -0.2) is 24.5 Å². The van der Waals surface area contributed by atoms with Gasteiger partial charge in [0.2, 0.25) is 0 Å². The molecule has 1 heteroatoms. The summed E-state index contributed by atoms with van der Waals surface area (Å²) in [6, 6.07) is 0. The van der Waals surface area contributed by atoms with Gasteiger partial charge >= 0.3 is 0 Å². The lowest BCUT2D eigenvalue weighted by molar-refractivity contribution is 0.151. The van der Waals surface area contributed by atoms with Crippen molar-refractivity contribution in [3.63, 3.8) is 0 Å². The van der Waals surface area contributed by atoms with E-state index in [2.05, 4.69) is 45.6 Å². The quantitative estimate of drug-likeness (QED) is 0.611. The lowest BCUT2D eigenvalue weighted by Gasteiger charge is -2.41. The molecule has 0 N–H and O–H groups in total. The van der Waals surface area contributed by atoms with Gasteiger partial charge in [-0.25, -0.2) is 0 Å². The molecular weight excluding hydrogens is 170 g/mol. The van der Waals surface area contributed by atoms with E-state index in [1.807, 2.05) is 0 Å². The molecule has 1 nitrogen and oxygen atoms in total. The van der Waals surface area contributed by atoms with Crippen molar-refractivity contribution in [3.8, 4) is 0 Å². The maximum Gasteiger partial charge on any atom is 0.00703 e. The van der Waals surface area contributed by atoms with Crippen LogP contribution in [-0.2, 0) is 0 Å². The van der Waals surface area contributed by atoms with Gasteiger partial charge in [0.1, 0.15) is 0 Å². The van der Waals surface area contributed by atoms with Crippen LogP contribution >= 0.6 is 0 Å². The SMILES string of the molecule is C/C=C1\CCN(CC(C)C)CC1(C)C. The molecule has 0 aromatic heterocycles. The highest BCUT2D eigenvalue weighted by Gasteiger charge is 2.30. The van der Waals surface area contributed by atoms with E-state index in [9.17, 15) is 0 Å². The Morgan fingerprint density at radius 2 is 2.07 bits per heavy atom. The highest BCUT2D eigenvalue weighted by Crippen LogP contribution is 2.34. The van der Waals surface area contributed by atoms with E-state index in [1.54, 1.807) is 5.57 Å². The first-order valence-corrected chi connectivity index (χ1v) is 5.83. The Kier molecular flexibility index (Phi) is 3.77. The minimum absolute atomic E-state index is 0.391. The molecule has 1 aliphatic rings. The Bertz CT molecular complexity index is 213. The summed E-state index contributed by atoms with van der Waals surface area (Å²) in [6.07, 6.45) is 3.57. The van der Waals surface area contributed by atoms with Crippen molar-refractivity contribution < 1.29 is 0 Å². The number of nitrogens with zero attached hydrogens (tertiary/aromatic N) is 1. The molecule has 0 amide bonds. The van der Waals surface area contributed by atoms with Gasteiger partial charge in [0, 0.05) is 19.6 Å². The standard InChI is InChI=1S/C13H25N/c1-6-12-7-8-14(9-11(2)3)10-13(12,4)5/h6,11H,7-10H2,1-5H3/b12-6+. The van der Waals surface area contributed by atoms with Crippen LogP contribution in [0.2, 0.25) is 0 Å². The molecule has 0 aromatic rings. The summed E-state index contributed by atoms with van der Waals surface area (Å²) in [4.78, 5) is 2.61. The third-order valence-electron chi connectivity index (χ3n) is 3.16. The average molecular weight is 195 g/mol. The summed E-state index contributed by atoms with van der Waals surface area (Å²) in [5.41, 5.74) is 2.03. The van der Waals surface area contributed by atoms with E-state index >= 15 is 0 Å². The highest BCUT2D eigenvalue weighted by molar-refractivity contribution is 5.15. The Morgan fingerprint density at radius 3 is 2.50 bits per heavy atom. The van der Waals surface area contributed by atoms with Gasteiger partial charge in [-0.15, -0.1) is 0 Å². The van der Waals surface area contributed by atoms with Crippen LogP contribution in [0.3, 0.4) is 0 Å². The van der Waals surface area contributed by atoms with E-state index in [0.29, 0.717) is 5.41 Å². The smallest absolute Gasteiger partial charge is 0.00703 e. The molecule has 0 aliphatic carbocycles. The fourth-order valence-electron chi connectivity index (χ4n) is 2.56. The molecule has 82 valence electrons. The summed E-state index contributed by atoms with van der Waals surface area (Å²) in [5, 5.41) is 0. The fourth-order valence-corrected chi connectivity index (χ4v) is 2.56. The molecular formula is C13H25N. The van der Waals surface area contributed by atoms with Crippen LogP contribution in [0.15, 0.2) is 11.6 Å². The number of likely N-dealkylation sites (tertiary alicyclic amines) is 1. The molecule has 1 rings (SSSR count). The minimum Gasteiger partial charge on any atom is -0.302 e. The summed E-state index contributed by atoms with van der Waals surface area (Å²) in [7, 11) is 0. The Balaban J connectivity index is 2.58. The largest absolute Gasteiger partial charge is 0.302 e. The van der Waals surface area contributed by atoms with E-state index < -0.39 is 0 Å². The monoisotopic (exact) mass is 195 g/mol. The second-order valence-corrected chi connectivity index (χ2v) is 5.58. The Labute approximate surface area is 89.2 Å². The van der Waals surface area contributed by atoms with Crippen LogP contribution in [0.4, 0.5) is 0 Å². The lowest BCUT2D eigenvalue weighted by atomic mass is 9.78. The molecule has 0 spiro atoms. The molecule has 0 unspecified atom stereocenters. The van der Waals surface area contributed by atoms with Crippen molar-refractivity contribution in [2.75, 3.05) is 19.6 Å². The molecule has 1 fully saturated rings. The van der Waals surface area contributed by atoms with Gasteiger partial charge in [-0.05, 0) is 24.7 Å². The van der Waals surface area contributed by atoms with Crippen molar-refractivity contribution in [2.24, 2.45) is 11.3 Å². The zero-order chi connectivity index (χ0) is 10.8. The van der Waals surface area contributed by atoms with E-state index in [4.69, 9.17) is 0 Å². The number of piperidine rings is 1. The van der Waals surface area contributed by atoms with Crippen molar-refractivity contribution in [3.05, 3.63) is 11.6 Å². The number of allylic oxidation sites excluding steroid dienone is 1. The average Bonchev–Trinajstić information content (AvgIpc) is 2.01. The zero-order valence-electron chi connectivity index (χ0n) is 10.4. The second-order valence-electron chi connectivity index (χ2n) is 5.58. The molecule has 0 radical (unpaired) electrons. The number of rotatable bonds is 2. The van der Waals surface area contributed by atoms with Crippen LogP contribution in [0, 0.1) is 11.3 Å². The van der Waals surface area contributed by atoms with Crippen molar-refractivity contribution >= 4 is 0 Å². The summed E-state index contributed by atoms with van der Waals surface area (Å²) >= 11 is 0. The zero-order valence-corrected chi connectivity index (χ0v) is 10.4. The second kappa shape index (κ2) is 4.48. The van der Waals surface area contributed by atoms with Gasteiger partial charge < -0.3 is 4.90 Å². The van der Waals surface area contributed by atoms with Crippen LogP contribution < -0.4 is 0 Å². The third kappa shape index (κ3) is 2.84. The van der Waals surface area contributed by atoms with Crippen LogP contribution in [0.5, 0.6) is 0 Å². The van der Waals surface area contributed by atoms with Gasteiger partial charge in [0.05, 0.1) is 0 Å². The van der Waals surface area contributed by atoms with Crippen LogP contribution in [0.25, 0.3) is 0 Å². The number of hydrogen-bond donors (Lipinski definition) is 0. The topological polar surface area (TPSA) is 3.24 Å². The third-order valence-corrected chi connectivity index (χ3v) is 3.16. The molecule has 0 bridgehead atoms. The fraction of sp³-hybridized carbons (Fsp3) is 0.846. The van der Waals surface area contributed by atoms with Crippen molar-refractivity contribution in [1.29, 1.82) is 0 Å². The Morgan fingerprint density at radius 1 is 1.43 bits per heavy atom. The molecule has 1 saturated heterocycles. The molecule has 1 heterocycles. The van der Waals surface area contributed by atoms with E-state index in [1.165, 1.54) is 26.1 Å². The first kappa shape index (κ1) is 11.8. The Hall–Kier alpha value is -0.300.